The van der Waals surface area contributed by atoms with Crippen molar-refractivity contribution in [3.05, 3.63) is 0 Å². The van der Waals surface area contributed by atoms with Gasteiger partial charge in [0.05, 0.1) is 38.1 Å². The fraction of sp³-hybridized carbons (Fsp3) is 1.00. The molecule has 0 radical (unpaired) electrons. The Kier molecular flexibility index (Phi) is 36.4. The Balaban J connectivity index is 5.20. The minimum absolute atomic E-state index is 0.205. The van der Waals surface area contributed by atoms with E-state index >= 15 is 0 Å². The minimum atomic E-state index is -2.66. The lowest BCUT2D eigenvalue weighted by molar-refractivity contribution is -0.00175. The first kappa shape index (κ1) is 55.8. The highest BCUT2D eigenvalue weighted by Crippen LogP contribution is 2.16. The first-order chi connectivity index (χ1) is 27.0. The van der Waals surface area contributed by atoms with E-state index in [1.165, 1.54) is 6.42 Å². The molecule has 0 aliphatic heterocycles. The van der Waals surface area contributed by atoms with Gasteiger partial charge in [-0.25, -0.2) is 0 Å². The van der Waals surface area contributed by atoms with Gasteiger partial charge in [-0.2, -0.15) is 0 Å². The highest BCUT2D eigenvalue weighted by molar-refractivity contribution is 6.60. The monoisotopic (exact) mass is 848 g/mol. The molecular formula is C37H85N5O12Si2. The summed E-state index contributed by atoms with van der Waals surface area (Å²) in [5, 5.41) is 39.2. The molecule has 0 aromatic rings. The van der Waals surface area contributed by atoms with Gasteiger partial charge in [-0.3, -0.25) is 9.80 Å². The molecule has 0 rings (SSSR count). The number of rotatable bonds is 43. The molecule has 4 unspecified atom stereocenters. The average Bonchev–Trinajstić information content (AvgIpc) is 3.21. The van der Waals surface area contributed by atoms with Crippen molar-refractivity contribution in [1.82, 2.24) is 20.4 Å². The summed E-state index contributed by atoms with van der Waals surface area (Å²) in [6.07, 6.45) is 3.95. The standard InChI is InChI=1S/C37H85N5O12Si2/c1-9-11-14-34(10-2)30-54-33-37(45)29-42(20-18-40-27-35(43)31-52-23-12-25-55(46-3,47-4)48-5)22-21-41(19-17-39-16-15-38)28-36(44)32-53-24-13-26-56(49-6,50-7)51-8/h34-37,39-40,43-45H,9-33,38H2,1-8H3. The van der Waals surface area contributed by atoms with Crippen molar-refractivity contribution in [1.29, 1.82) is 0 Å². The van der Waals surface area contributed by atoms with Crippen LogP contribution in [0.15, 0.2) is 0 Å². The average molecular weight is 848 g/mol. The van der Waals surface area contributed by atoms with Crippen molar-refractivity contribution in [2.75, 3.05) is 154 Å². The molecule has 0 aliphatic carbocycles. The Hall–Kier alpha value is -0.246. The number of nitrogens with two attached hydrogens (primary N) is 1. The van der Waals surface area contributed by atoms with Crippen LogP contribution in [0.25, 0.3) is 0 Å². The summed E-state index contributed by atoms with van der Waals surface area (Å²) in [5.74, 6) is 0.502. The number of nitrogens with zero attached hydrogens (tertiary/aromatic N) is 2. The van der Waals surface area contributed by atoms with E-state index in [1.807, 2.05) is 0 Å². The van der Waals surface area contributed by atoms with Gasteiger partial charge in [0.15, 0.2) is 0 Å². The number of ether oxygens (including phenoxy) is 3. The highest BCUT2D eigenvalue weighted by Gasteiger charge is 2.37. The van der Waals surface area contributed by atoms with E-state index in [1.54, 1.807) is 42.7 Å². The third kappa shape index (κ3) is 27.5. The fourth-order valence-electron chi connectivity index (χ4n) is 6.20. The first-order valence-electron chi connectivity index (χ1n) is 20.7. The molecule has 56 heavy (non-hydrogen) atoms. The third-order valence-electron chi connectivity index (χ3n) is 9.82. The number of nitrogens with one attached hydrogen (secondary N) is 2. The van der Waals surface area contributed by atoms with Crippen LogP contribution >= 0.6 is 0 Å². The second kappa shape index (κ2) is 36.6. The molecule has 4 atom stereocenters. The van der Waals surface area contributed by atoms with Crippen molar-refractivity contribution in [2.45, 2.75) is 82.8 Å². The van der Waals surface area contributed by atoms with Crippen LogP contribution in [0, 0.1) is 5.92 Å². The molecule has 0 aliphatic rings. The van der Waals surface area contributed by atoms with Crippen molar-refractivity contribution >= 4 is 17.6 Å². The van der Waals surface area contributed by atoms with Gasteiger partial charge in [0.2, 0.25) is 0 Å². The fourth-order valence-corrected chi connectivity index (χ4v) is 9.58. The molecule has 17 nitrogen and oxygen atoms in total. The lowest BCUT2D eigenvalue weighted by Crippen LogP contribution is -2.46. The van der Waals surface area contributed by atoms with E-state index in [4.69, 9.17) is 46.5 Å². The van der Waals surface area contributed by atoms with E-state index < -0.39 is 35.9 Å². The van der Waals surface area contributed by atoms with Crippen LogP contribution in [0.1, 0.15) is 52.4 Å². The minimum Gasteiger partial charge on any atom is -0.389 e. The highest BCUT2D eigenvalue weighted by atomic mass is 28.4. The van der Waals surface area contributed by atoms with Gasteiger partial charge in [0.25, 0.3) is 0 Å². The second-order valence-electron chi connectivity index (χ2n) is 14.2. The molecule has 0 heterocycles. The van der Waals surface area contributed by atoms with Crippen LogP contribution in [0.3, 0.4) is 0 Å². The molecule has 0 saturated heterocycles. The molecule has 7 N–H and O–H groups in total. The number of hydrogen-bond donors (Lipinski definition) is 6. The second-order valence-corrected chi connectivity index (χ2v) is 20.4. The number of aliphatic hydroxyl groups is 3. The van der Waals surface area contributed by atoms with Crippen molar-refractivity contribution in [2.24, 2.45) is 11.7 Å². The van der Waals surface area contributed by atoms with Crippen LogP contribution in [0.2, 0.25) is 12.1 Å². The van der Waals surface area contributed by atoms with Gasteiger partial charge in [-0.15, -0.1) is 0 Å². The lowest BCUT2D eigenvalue weighted by atomic mass is 10.0. The van der Waals surface area contributed by atoms with Gasteiger partial charge in [-0.05, 0) is 25.2 Å². The summed E-state index contributed by atoms with van der Waals surface area (Å²) in [6.45, 7) is 13.2. The summed E-state index contributed by atoms with van der Waals surface area (Å²) in [7, 11) is 4.25. The molecule has 0 bridgehead atoms. The SMILES string of the molecule is CCCCC(CC)COCC(O)CN(CCNCC(O)COCCC[Si](OC)(OC)OC)CCN(CCNCCN)CC(O)COCCC[Si](OC)(OC)OC. The maximum atomic E-state index is 11.0. The number of hydrogen-bond acceptors (Lipinski definition) is 17. The zero-order valence-electron chi connectivity index (χ0n) is 36.5. The van der Waals surface area contributed by atoms with E-state index in [-0.39, 0.29) is 19.8 Å². The van der Waals surface area contributed by atoms with E-state index in [0.717, 1.165) is 25.8 Å². The van der Waals surface area contributed by atoms with Crippen LogP contribution in [-0.4, -0.2) is 215 Å². The van der Waals surface area contributed by atoms with Crippen molar-refractivity contribution in [3.8, 4) is 0 Å². The predicted octanol–water partition coefficient (Wildman–Crippen LogP) is 0.614. The normalized spacial score (nSPS) is 14.9. The molecule has 0 aromatic carbocycles. The lowest BCUT2D eigenvalue weighted by Gasteiger charge is -2.30. The third-order valence-corrected chi connectivity index (χ3v) is 15.5. The summed E-state index contributed by atoms with van der Waals surface area (Å²) in [6, 6.07) is 1.26. The summed E-state index contributed by atoms with van der Waals surface area (Å²) < 4.78 is 50.3. The molecule has 0 saturated carbocycles. The van der Waals surface area contributed by atoms with Crippen LogP contribution in [-0.2, 0) is 40.8 Å². The maximum absolute atomic E-state index is 11.0. The quantitative estimate of drug-likeness (QED) is 0.0368. The smallest absolute Gasteiger partial charge is 0.389 e. The zero-order valence-corrected chi connectivity index (χ0v) is 38.5. The molecule has 0 aromatic heterocycles. The zero-order chi connectivity index (χ0) is 41.9. The van der Waals surface area contributed by atoms with Crippen molar-refractivity contribution in [3.63, 3.8) is 0 Å². The van der Waals surface area contributed by atoms with E-state index in [0.29, 0.717) is 116 Å². The Morgan fingerprint density at radius 1 is 0.571 bits per heavy atom. The van der Waals surface area contributed by atoms with E-state index in [9.17, 15) is 15.3 Å². The Bertz CT molecular complexity index is 845. The number of unbranched alkanes of at least 4 members (excludes halogenated alkanes) is 1. The van der Waals surface area contributed by atoms with Crippen LogP contribution in [0.5, 0.6) is 0 Å². The Morgan fingerprint density at radius 3 is 1.48 bits per heavy atom. The van der Waals surface area contributed by atoms with Gasteiger partial charge in [-0.1, -0.05) is 33.1 Å². The summed E-state index contributed by atoms with van der Waals surface area (Å²) in [5.41, 5.74) is 5.69. The molecule has 0 spiro atoms. The summed E-state index contributed by atoms with van der Waals surface area (Å²) in [4.78, 5) is 4.41. The first-order valence-corrected chi connectivity index (χ1v) is 24.6. The maximum Gasteiger partial charge on any atom is 0.500 e. The molecule has 19 heteroatoms. The van der Waals surface area contributed by atoms with Crippen molar-refractivity contribution < 1.29 is 56.1 Å². The van der Waals surface area contributed by atoms with Gasteiger partial charge >= 0.3 is 17.6 Å². The topological polar surface area (TPSA) is 200 Å². The molecule has 0 amide bonds. The molecule has 0 fully saturated rings. The predicted molar refractivity (Wildman–Crippen MR) is 224 cm³/mol. The van der Waals surface area contributed by atoms with Gasteiger partial charge < -0.3 is 72.5 Å². The number of aliphatic hydroxyl groups excluding tert-OH is 3. The Labute approximate surface area is 342 Å². The van der Waals surface area contributed by atoms with Crippen LogP contribution in [0.4, 0.5) is 0 Å². The van der Waals surface area contributed by atoms with Gasteiger partial charge in [0, 0.05) is 147 Å². The van der Waals surface area contributed by atoms with E-state index in [2.05, 4.69) is 34.3 Å². The van der Waals surface area contributed by atoms with Gasteiger partial charge in [0.1, 0.15) is 0 Å². The molecule has 338 valence electrons. The summed E-state index contributed by atoms with van der Waals surface area (Å²) >= 11 is 0. The van der Waals surface area contributed by atoms with Crippen LogP contribution < -0.4 is 16.4 Å². The largest absolute Gasteiger partial charge is 0.500 e. The Morgan fingerprint density at radius 2 is 1.04 bits per heavy atom. The molecular weight excluding hydrogens is 763 g/mol.